The topological polar surface area (TPSA) is 67.3 Å². The Bertz CT molecular complexity index is 798. The van der Waals surface area contributed by atoms with E-state index in [9.17, 15) is 4.79 Å². The summed E-state index contributed by atoms with van der Waals surface area (Å²) in [6, 6.07) is 5.80. The first-order chi connectivity index (χ1) is 13.0. The van der Waals surface area contributed by atoms with Crippen molar-refractivity contribution in [2.75, 3.05) is 32.1 Å². The molecule has 0 aliphatic heterocycles. The minimum absolute atomic E-state index is 0.0944. The van der Waals surface area contributed by atoms with Crippen LogP contribution in [0.3, 0.4) is 0 Å². The summed E-state index contributed by atoms with van der Waals surface area (Å²) in [5.41, 5.74) is 4.44. The van der Waals surface area contributed by atoms with Crippen LogP contribution in [0.2, 0.25) is 0 Å². The Labute approximate surface area is 161 Å². The Morgan fingerprint density at radius 3 is 2.59 bits per heavy atom. The van der Waals surface area contributed by atoms with E-state index in [-0.39, 0.29) is 11.8 Å². The van der Waals surface area contributed by atoms with Crippen LogP contribution in [0, 0.1) is 19.8 Å². The molecule has 1 aromatic heterocycles. The number of aromatic nitrogens is 2. The maximum Gasteiger partial charge on any atom is 0.227 e. The molecule has 1 N–H and O–H groups in total. The summed E-state index contributed by atoms with van der Waals surface area (Å²) < 4.78 is 6.08. The molecule has 1 fully saturated rings. The molecule has 1 aliphatic carbocycles. The molecule has 0 unspecified atom stereocenters. The van der Waals surface area contributed by atoms with Crippen LogP contribution in [0.25, 0.3) is 11.1 Å². The molecular weight excluding hydrogens is 340 g/mol. The number of hydrogen-bond donors (Lipinski definition) is 1. The van der Waals surface area contributed by atoms with E-state index >= 15 is 0 Å². The third-order valence-electron chi connectivity index (χ3n) is 4.96. The van der Waals surface area contributed by atoms with Gasteiger partial charge in [-0.3, -0.25) is 4.79 Å². The first-order valence-corrected chi connectivity index (χ1v) is 9.54. The summed E-state index contributed by atoms with van der Waals surface area (Å²) >= 11 is 0. The Hall–Kier alpha value is -2.47. The highest BCUT2D eigenvalue weighted by atomic mass is 16.5. The third kappa shape index (κ3) is 4.83. The third-order valence-corrected chi connectivity index (χ3v) is 4.96. The van der Waals surface area contributed by atoms with Crippen LogP contribution in [0.1, 0.15) is 31.2 Å². The number of carbonyl (C=O) groups is 1. The minimum atomic E-state index is 0.0944. The molecule has 2 aromatic rings. The second-order valence-electron chi connectivity index (χ2n) is 7.14. The monoisotopic (exact) mass is 368 g/mol. The van der Waals surface area contributed by atoms with Gasteiger partial charge < -0.3 is 15.0 Å². The van der Waals surface area contributed by atoms with Crippen LogP contribution in [0.5, 0.6) is 5.75 Å². The number of aryl methyl sites for hydroxylation is 2. The fraction of sp³-hybridized carbons (Fsp3) is 0.476. The van der Waals surface area contributed by atoms with Crippen molar-refractivity contribution >= 4 is 11.6 Å². The van der Waals surface area contributed by atoms with Crippen LogP contribution in [0.4, 0.5) is 5.69 Å². The predicted octanol–water partition coefficient (Wildman–Crippen LogP) is 3.44. The van der Waals surface area contributed by atoms with E-state index in [1.807, 2.05) is 32.0 Å². The normalized spacial score (nSPS) is 13.7. The van der Waals surface area contributed by atoms with Crippen LogP contribution in [-0.4, -0.2) is 47.5 Å². The van der Waals surface area contributed by atoms with Crippen molar-refractivity contribution in [1.82, 2.24) is 14.9 Å². The number of anilines is 1. The molecule has 27 heavy (non-hydrogen) atoms. The van der Waals surface area contributed by atoms with Gasteiger partial charge in [0.25, 0.3) is 0 Å². The van der Waals surface area contributed by atoms with Crippen molar-refractivity contribution in [2.24, 2.45) is 5.92 Å². The maximum atomic E-state index is 12.1. The molecule has 0 bridgehead atoms. The SMILES string of the molecule is CCN(C)CCOc1ccc(NC(=O)C2CC2)cc1-c1c(C)ncnc1C. The zero-order chi connectivity index (χ0) is 19.4. The quantitative estimate of drug-likeness (QED) is 0.773. The molecule has 0 spiro atoms. The zero-order valence-corrected chi connectivity index (χ0v) is 16.6. The van der Waals surface area contributed by atoms with Crippen molar-refractivity contribution in [3.63, 3.8) is 0 Å². The summed E-state index contributed by atoms with van der Waals surface area (Å²) in [7, 11) is 2.07. The molecule has 0 radical (unpaired) electrons. The van der Waals surface area contributed by atoms with Gasteiger partial charge in [-0.1, -0.05) is 6.92 Å². The van der Waals surface area contributed by atoms with E-state index in [4.69, 9.17) is 4.74 Å². The lowest BCUT2D eigenvalue weighted by Gasteiger charge is -2.18. The zero-order valence-electron chi connectivity index (χ0n) is 16.6. The summed E-state index contributed by atoms with van der Waals surface area (Å²) in [6.07, 6.45) is 3.54. The molecular formula is C21H28N4O2. The summed E-state index contributed by atoms with van der Waals surface area (Å²) in [4.78, 5) is 23.0. The van der Waals surface area contributed by atoms with Gasteiger partial charge >= 0.3 is 0 Å². The molecule has 6 heteroatoms. The van der Waals surface area contributed by atoms with E-state index < -0.39 is 0 Å². The number of likely N-dealkylation sites (N-methyl/N-ethyl adjacent to an activating group) is 1. The molecule has 144 valence electrons. The maximum absolute atomic E-state index is 12.1. The van der Waals surface area contributed by atoms with Crippen LogP contribution >= 0.6 is 0 Å². The highest BCUT2D eigenvalue weighted by Gasteiger charge is 2.29. The van der Waals surface area contributed by atoms with Gasteiger partial charge in [-0.2, -0.15) is 0 Å². The number of benzene rings is 1. The number of nitrogens with one attached hydrogen (secondary N) is 1. The van der Waals surface area contributed by atoms with Crippen molar-refractivity contribution in [1.29, 1.82) is 0 Å². The molecule has 1 aromatic carbocycles. The van der Waals surface area contributed by atoms with Gasteiger partial charge in [0.05, 0.1) is 0 Å². The lowest BCUT2D eigenvalue weighted by molar-refractivity contribution is -0.117. The number of rotatable bonds is 8. The largest absolute Gasteiger partial charge is 0.492 e. The van der Waals surface area contributed by atoms with Gasteiger partial charge in [-0.15, -0.1) is 0 Å². The van der Waals surface area contributed by atoms with Crippen molar-refractivity contribution in [3.05, 3.63) is 35.9 Å². The second-order valence-corrected chi connectivity index (χ2v) is 7.14. The predicted molar refractivity (Wildman–Crippen MR) is 107 cm³/mol. The van der Waals surface area contributed by atoms with Gasteiger partial charge in [0, 0.05) is 40.7 Å². The van der Waals surface area contributed by atoms with Gasteiger partial charge in [-0.05, 0) is 58.5 Å². The smallest absolute Gasteiger partial charge is 0.227 e. The van der Waals surface area contributed by atoms with Crippen LogP contribution in [0.15, 0.2) is 24.5 Å². The Morgan fingerprint density at radius 1 is 1.26 bits per heavy atom. The fourth-order valence-electron chi connectivity index (χ4n) is 2.97. The van der Waals surface area contributed by atoms with Gasteiger partial charge in [-0.25, -0.2) is 9.97 Å². The average Bonchev–Trinajstić information content (AvgIpc) is 3.48. The standard InChI is InChI=1S/C21H28N4O2/c1-5-25(4)10-11-27-19-9-8-17(24-21(26)16-6-7-16)12-18(19)20-14(2)22-13-23-15(20)3/h8-9,12-13,16H,5-7,10-11H2,1-4H3,(H,24,26). The van der Waals surface area contributed by atoms with Crippen molar-refractivity contribution < 1.29 is 9.53 Å². The molecule has 1 aliphatic rings. The molecule has 0 saturated heterocycles. The van der Waals surface area contributed by atoms with E-state index in [0.29, 0.717) is 6.61 Å². The van der Waals surface area contributed by atoms with Crippen molar-refractivity contribution in [2.45, 2.75) is 33.6 Å². The first kappa shape index (κ1) is 19.3. The van der Waals surface area contributed by atoms with Crippen LogP contribution in [-0.2, 0) is 4.79 Å². The summed E-state index contributed by atoms with van der Waals surface area (Å²) in [5, 5.41) is 3.02. The number of ether oxygens (including phenoxy) is 1. The number of hydrogen-bond acceptors (Lipinski definition) is 5. The Balaban J connectivity index is 1.90. The van der Waals surface area contributed by atoms with E-state index in [0.717, 1.165) is 59.9 Å². The summed E-state index contributed by atoms with van der Waals surface area (Å²) in [5.74, 6) is 1.04. The molecule has 1 heterocycles. The first-order valence-electron chi connectivity index (χ1n) is 9.54. The van der Waals surface area contributed by atoms with Crippen LogP contribution < -0.4 is 10.1 Å². The minimum Gasteiger partial charge on any atom is -0.492 e. The van der Waals surface area contributed by atoms with Crippen molar-refractivity contribution in [3.8, 4) is 16.9 Å². The highest BCUT2D eigenvalue weighted by Crippen LogP contribution is 2.36. The van der Waals surface area contributed by atoms with Gasteiger partial charge in [0.15, 0.2) is 0 Å². The Kier molecular flexibility index (Phi) is 6.06. The fourth-order valence-corrected chi connectivity index (χ4v) is 2.97. The number of carbonyl (C=O) groups excluding carboxylic acids is 1. The molecule has 6 nitrogen and oxygen atoms in total. The average molecular weight is 368 g/mol. The Morgan fingerprint density at radius 2 is 1.96 bits per heavy atom. The van der Waals surface area contributed by atoms with Gasteiger partial charge in [0.1, 0.15) is 18.7 Å². The molecule has 1 saturated carbocycles. The summed E-state index contributed by atoms with van der Waals surface area (Å²) in [6.45, 7) is 8.47. The van der Waals surface area contributed by atoms with Gasteiger partial charge in [0.2, 0.25) is 5.91 Å². The van der Waals surface area contributed by atoms with E-state index in [1.165, 1.54) is 0 Å². The molecule has 1 amide bonds. The molecule has 3 rings (SSSR count). The van der Waals surface area contributed by atoms with E-state index in [1.54, 1.807) is 6.33 Å². The number of nitrogens with zero attached hydrogens (tertiary/aromatic N) is 3. The highest BCUT2D eigenvalue weighted by molar-refractivity contribution is 5.95. The lowest BCUT2D eigenvalue weighted by atomic mass is 10.0. The van der Waals surface area contributed by atoms with E-state index in [2.05, 4.69) is 34.2 Å². The molecule has 0 atom stereocenters. The number of amides is 1. The second kappa shape index (κ2) is 8.48. The lowest BCUT2D eigenvalue weighted by Crippen LogP contribution is -2.23.